The highest BCUT2D eigenvalue weighted by molar-refractivity contribution is 6.63. The van der Waals surface area contributed by atoms with Crippen molar-refractivity contribution >= 4 is 41.0 Å². The van der Waals surface area contributed by atoms with Crippen LogP contribution in [0.5, 0.6) is 0 Å². The zero-order chi connectivity index (χ0) is 55.6. The van der Waals surface area contributed by atoms with Gasteiger partial charge in [0.25, 0.3) is 11.7 Å². The summed E-state index contributed by atoms with van der Waals surface area (Å²) in [6.45, 7) is 11.2. The SMILES string of the molecule is CO[C@H]1CC(O)CC(O)[C@@H](C)C(=O)C(=O)C(=O)N2CCCC[C@H]2C(=O)O[C@H](C(C)C[C@@H]2CC[C@@H](OC(=O)C(C)(CO)CO)[C@H](OC)C2)CC(=O)[C@H](C)/C=C(\C)[C@@H](O)[C@@H](CO)C(=O)[C@H](C)C[C@H](C)/C=C/C=C/C=C1C. The van der Waals surface area contributed by atoms with E-state index in [9.17, 15) is 64.2 Å². The third-order valence-electron chi connectivity index (χ3n) is 15.5. The maximum absolute atomic E-state index is 14.4. The lowest BCUT2D eigenvalue weighted by Crippen LogP contribution is -2.53. The Morgan fingerprint density at radius 1 is 0.838 bits per heavy atom. The molecule has 18 nitrogen and oxygen atoms in total. The van der Waals surface area contributed by atoms with E-state index in [1.807, 2.05) is 26.0 Å². The summed E-state index contributed by atoms with van der Waals surface area (Å²) < 4.78 is 23.3. The van der Waals surface area contributed by atoms with Crippen LogP contribution in [0.3, 0.4) is 0 Å². The number of nitrogens with zero attached hydrogens (tertiary/aromatic N) is 1. The minimum Gasteiger partial charge on any atom is -0.460 e. The van der Waals surface area contributed by atoms with E-state index in [1.165, 1.54) is 34.1 Å². The van der Waals surface area contributed by atoms with Crippen molar-refractivity contribution in [3.8, 4) is 0 Å². The van der Waals surface area contributed by atoms with Crippen molar-refractivity contribution in [2.24, 2.45) is 46.8 Å². The molecule has 2 fully saturated rings. The van der Waals surface area contributed by atoms with Gasteiger partial charge in [-0.25, -0.2) is 4.79 Å². The van der Waals surface area contributed by atoms with Crippen LogP contribution in [0.2, 0.25) is 0 Å². The van der Waals surface area contributed by atoms with E-state index in [1.54, 1.807) is 45.9 Å². The molecule has 418 valence electrons. The van der Waals surface area contributed by atoms with Gasteiger partial charge in [-0.05, 0) is 101 Å². The first-order chi connectivity index (χ1) is 34.9. The number of ether oxygens (including phenoxy) is 4. The molecule has 3 rings (SSSR count). The first kappa shape index (κ1) is 64.0. The summed E-state index contributed by atoms with van der Waals surface area (Å²) in [5.41, 5.74) is -0.476. The van der Waals surface area contributed by atoms with Crippen LogP contribution in [0, 0.1) is 46.8 Å². The first-order valence-electron chi connectivity index (χ1n) is 26.4. The fourth-order valence-electron chi connectivity index (χ4n) is 10.2. The van der Waals surface area contributed by atoms with E-state index < -0.39 is 133 Å². The number of amides is 1. The molecule has 3 unspecified atom stereocenters. The molecule has 2 aliphatic heterocycles. The maximum atomic E-state index is 14.4. The number of hydrogen-bond donors (Lipinski definition) is 6. The Bertz CT molecular complexity index is 2020. The van der Waals surface area contributed by atoms with Crippen LogP contribution in [0.1, 0.15) is 126 Å². The highest BCUT2D eigenvalue weighted by Crippen LogP contribution is 2.36. The Hall–Kier alpha value is -4.27. The Morgan fingerprint density at radius 2 is 1.51 bits per heavy atom. The Kier molecular flexibility index (Phi) is 26.4. The molecule has 6 N–H and O–H groups in total. The van der Waals surface area contributed by atoms with E-state index in [4.69, 9.17) is 18.9 Å². The highest BCUT2D eigenvalue weighted by Gasteiger charge is 2.44. The Labute approximate surface area is 437 Å². The number of ketones is 4. The van der Waals surface area contributed by atoms with Crippen LogP contribution in [0.4, 0.5) is 0 Å². The van der Waals surface area contributed by atoms with Crippen molar-refractivity contribution in [2.75, 3.05) is 40.6 Å². The van der Waals surface area contributed by atoms with Gasteiger partial charge in [0.05, 0.1) is 56.3 Å². The van der Waals surface area contributed by atoms with Gasteiger partial charge < -0.3 is 54.5 Å². The fourth-order valence-corrected chi connectivity index (χ4v) is 10.2. The summed E-state index contributed by atoms with van der Waals surface area (Å²) >= 11 is 0. The predicted molar refractivity (Wildman–Crippen MR) is 274 cm³/mol. The van der Waals surface area contributed by atoms with Crippen LogP contribution in [0.15, 0.2) is 47.6 Å². The number of aliphatic hydroxyl groups is 6. The number of methoxy groups -OCH3 is 2. The van der Waals surface area contributed by atoms with Crippen molar-refractivity contribution in [2.45, 2.75) is 175 Å². The normalized spacial score (nSPS) is 35.0. The Balaban J connectivity index is 2.01. The molecule has 2 heterocycles. The van der Waals surface area contributed by atoms with Gasteiger partial charge in [0.1, 0.15) is 35.2 Å². The Morgan fingerprint density at radius 3 is 2.14 bits per heavy atom. The van der Waals surface area contributed by atoms with Gasteiger partial charge in [0.15, 0.2) is 0 Å². The van der Waals surface area contributed by atoms with Crippen molar-refractivity contribution in [1.29, 1.82) is 0 Å². The highest BCUT2D eigenvalue weighted by atomic mass is 16.6. The standard InChI is InChI=1S/C56H87NO17/c1-32-16-12-11-13-17-33(2)46(71-9)27-40(61)26-44(63)38(7)51(66)52(67)53(68)57-21-15-14-18-42(57)54(69)73-47(28-43(62)34(3)23-37(6)50(65)41(29-58)49(64)36(5)22-32)35(4)24-39-19-20-45(48(25-39)72-10)74-55(70)56(8,30-59)31-60/h11-13,16-17,23,32,34-36,38-42,44-48,50,58-61,63,65H,14-15,18-22,24-31H2,1-10H3/b13-11+,16-12+,33-17?,37-23+/t32-,34-,35?,36-,38-,39+,40?,41+,42+,44?,45-,46+,47+,48-,50-/m1/s1. The second kappa shape index (κ2) is 30.5. The number of piperidine rings is 1. The van der Waals surface area contributed by atoms with Crippen LogP contribution in [-0.2, 0) is 52.5 Å². The number of fused-ring (bicyclic) bond motifs is 1. The third-order valence-corrected chi connectivity index (χ3v) is 15.5. The minimum absolute atomic E-state index is 0.0422. The molecule has 1 aliphatic carbocycles. The summed E-state index contributed by atoms with van der Waals surface area (Å²) in [7, 11) is 2.95. The largest absolute Gasteiger partial charge is 0.460 e. The summed E-state index contributed by atoms with van der Waals surface area (Å²) in [5.74, 6) is -10.9. The molecule has 1 saturated carbocycles. The lowest BCUT2D eigenvalue weighted by atomic mass is 9.78. The number of aliphatic hydroxyl groups excluding tert-OH is 6. The molecule has 0 aromatic rings. The molecule has 0 aromatic carbocycles. The monoisotopic (exact) mass is 1050 g/mol. The fraction of sp³-hybridized carbons (Fsp3) is 0.732. The summed E-state index contributed by atoms with van der Waals surface area (Å²) in [5, 5.41) is 63.4. The molecule has 0 radical (unpaired) electrons. The van der Waals surface area contributed by atoms with Gasteiger partial charge in [-0.15, -0.1) is 0 Å². The molecule has 0 aromatic heterocycles. The smallest absolute Gasteiger partial charge is 0.329 e. The average Bonchev–Trinajstić information content (AvgIpc) is 3.38. The van der Waals surface area contributed by atoms with Gasteiger partial charge in [-0.1, -0.05) is 71.1 Å². The number of carbonyl (C=O) groups excluding carboxylic acids is 7. The molecule has 74 heavy (non-hydrogen) atoms. The van der Waals surface area contributed by atoms with Crippen molar-refractivity contribution in [3.05, 3.63) is 47.6 Å². The molecule has 0 spiro atoms. The molecule has 15 atom stereocenters. The van der Waals surface area contributed by atoms with E-state index in [-0.39, 0.29) is 61.2 Å². The summed E-state index contributed by atoms with van der Waals surface area (Å²) in [6.07, 6.45) is 6.19. The second-order valence-electron chi connectivity index (χ2n) is 21.7. The number of allylic oxidation sites excluding steroid dienone is 6. The van der Waals surface area contributed by atoms with E-state index >= 15 is 0 Å². The molecule has 1 amide bonds. The van der Waals surface area contributed by atoms with Gasteiger partial charge in [0.2, 0.25) is 5.78 Å². The maximum Gasteiger partial charge on any atom is 0.329 e. The first-order valence-corrected chi connectivity index (χ1v) is 26.4. The molecule has 1 saturated heterocycles. The molecular weight excluding hydrogens is 959 g/mol. The molecule has 0 bridgehead atoms. The van der Waals surface area contributed by atoms with Crippen LogP contribution in [-0.4, -0.2) is 166 Å². The quantitative estimate of drug-likeness (QED) is 0.102. The minimum atomic E-state index is -1.51. The van der Waals surface area contributed by atoms with Crippen LogP contribution < -0.4 is 0 Å². The molecule has 3 aliphatic rings. The number of hydrogen-bond acceptors (Lipinski definition) is 17. The average molecular weight is 1050 g/mol. The van der Waals surface area contributed by atoms with Crippen molar-refractivity contribution in [1.82, 2.24) is 4.90 Å². The zero-order valence-electron chi connectivity index (χ0n) is 45.4. The third kappa shape index (κ3) is 17.9. The van der Waals surface area contributed by atoms with Crippen LogP contribution >= 0.6 is 0 Å². The van der Waals surface area contributed by atoms with E-state index in [0.29, 0.717) is 44.9 Å². The summed E-state index contributed by atoms with van der Waals surface area (Å²) in [4.78, 5) is 97.3. The zero-order valence-corrected chi connectivity index (χ0v) is 45.4. The van der Waals surface area contributed by atoms with E-state index in [2.05, 4.69) is 0 Å². The van der Waals surface area contributed by atoms with E-state index in [0.717, 1.165) is 10.5 Å². The van der Waals surface area contributed by atoms with Crippen LogP contribution in [0.25, 0.3) is 0 Å². The van der Waals surface area contributed by atoms with Gasteiger partial charge >= 0.3 is 11.9 Å². The predicted octanol–water partition coefficient (Wildman–Crippen LogP) is 4.13. The van der Waals surface area contributed by atoms with Crippen molar-refractivity contribution in [3.63, 3.8) is 0 Å². The lowest BCUT2D eigenvalue weighted by Gasteiger charge is -2.38. The summed E-state index contributed by atoms with van der Waals surface area (Å²) in [6, 6.07) is -1.29. The second-order valence-corrected chi connectivity index (χ2v) is 21.7. The number of cyclic esters (lactones) is 1. The number of rotatable bonds is 10. The van der Waals surface area contributed by atoms with Crippen molar-refractivity contribution < 1.29 is 83.1 Å². The topological polar surface area (TPSA) is 281 Å². The van der Waals surface area contributed by atoms with Gasteiger partial charge in [0, 0.05) is 57.8 Å². The number of esters is 2. The van der Waals surface area contributed by atoms with Gasteiger partial charge in [-0.2, -0.15) is 0 Å². The van der Waals surface area contributed by atoms with Gasteiger partial charge in [-0.3, -0.25) is 28.8 Å². The number of carbonyl (C=O) groups is 7. The number of Topliss-reactive ketones (excluding diaryl/α,β-unsaturated/α-hetero) is 4. The molecule has 18 heteroatoms. The molecular formula is C56H87NO17. The lowest BCUT2D eigenvalue weighted by molar-refractivity contribution is -0.177.